The summed E-state index contributed by atoms with van der Waals surface area (Å²) >= 11 is 0. The van der Waals surface area contributed by atoms with E-state index >= 15 is 0 Å². The molecule has 0 unspecified atom stereocenters. The Morgan fingerprint density at radius 2 is 2.00 bits per heavy atom. The molecule has 4 heteroatoms. The van der Waals surface area contributed by atoms with Crippen molar-refractivity contribution in [2.45, 2.75) is 53.0 Å². The highest BCUT2D eigenvalue weighted by Crippen LogP contribution is 2.34. The quantitative estimate of drug-likeness (QED) is 0.855. The van der Waals surface area contributed by atoms with Crippen molar-refractivity contribution >= 4 is 16.9 Å². The van der Waals surface area contributed by atoms with Gasteiger partial charge < -0.3 is 14.8 Å². The van der Waals surface area contributed by atoms with E-state index < -0.39 is 5.97 Å². The van der Waals surface area contributed by atoms with E-state index in [1.807, 2.05) is 0 Å². The minimum atomic E-state index is -0.890. The van der Waals surface area contributed by atoms with Gasteiger partial charge in [0.25, 0.3) is 0 Å². The van der Waals surface area contributed by atoms with Gasteiger partial charge in [0.1, 0.15) is 0 Å². The molecule has 0 radical (unpaired) electrons. The molecule has 0 saturated carbocycles. The van der Waals surface area contributed by atoms with E-state index in [0.717, 1.165) is 35.0 Å². The van der Waals surface area contributed by atoms with E-state index in [9.17, 15) is 9.90 Å². The van der Waals surface area contributed by atoms with Gasteiger partial charge in [0.05, 0.1) is 11.1 Å². The molecule has 0 amide bonds. The van der Waals surface area contributed by atoms with Crippen molar-refractivity contribution in [2.24, 2.45) is 0 Å². The molecular weight excluding hydrogens is 278 g/mol. The number of aryl methyl sites for hydroxylation is 2. The highest BCUT2D eigenvalue weighted by Gasteiger charge is 2.20. The molecule has 1 aromatic carbocycles. The molecule has 0 saturated heterocycles. The lowest BCUT2D eigenvalue weighted by Crippen LogP contribution is -2.03. The Kier molecular flexibility index (Phi) is 4.91. The third-order valence-electron chi connectivity index (χ3n) is 4.35. The van der Waals surface area contributed by atoms with Gasteiger partial charge in [-0.2, -0.15) is 0 Å². The predicted octanol–water partition coefficient (Wildman–Crippen LogP) is 3.72. The Labute approximate surface area is 131 Å². The summed E-state index contributed by atoms with van der Waals surface area (Å²) in [5, 5.41) is 19.6. The zero-order valence-corrected chi connectivity index (χ0v) is 13.8. The van der Waals surface area contributed by atoms with Crippen LogP contribution < -0.4 is 0 Å². The van der Waals surface area contributed by atoms with Crippen molar-refractivity contribution in [1.82, 2.24) is 4.57 Å². The average molecular weight is 303 g/mol. The second-order valence-corrected chi connectivity index (χ2v) is 6.06. The van der Waals surface area contributed by atoms with Gasteiger partial charge in [0, 0.05) is 24.2 Å². The van der Waals surface area contributed by atoms with Crippen molar-refractivity contribution in [3.8, 4) is 0 Å². The molecule has 2 rings (SSSR count). The predicted molar refractivity (Wildman–Crippen MR) is 88.8 cm³/mol. The molecule has 0 spiro atoms. The summed E-state index contributed by atoms with van der Waals surface area (Å²) in [6.45, 7) is 9.38. The van der Waals surface area contributed by atoms with E-state index in [2.05, 4.69) is 32.3 Å². The first-order valence-electron chi connectivity index (χ1n) is 7.92. The minimum Gasteiger partial charge on any atom is -0.478 e. The van der Waals surface area contributed by atoms with Crippen LogP contribution in [0, 0.1) is 6.92 Å². The SMILES string of the molecule is CCn1c(C)c(CCCO)c2cc(C(=O)O)cc(C(C)C)c21. The molecule has 0 aliphatic heterocycles. The molecular formula is C18H25NO3. The van der Waals surface area contributed by atoms with Crippen LogP contribution in [-0.4, -0.2) is 27.4 Å². The second-order valence-electron chi connectivity index (χ2n) is 6.06. The van der Waals surface area contributed by atoms with E-state index in [1.54, 1.807) is 12.1 Å². The van der Waals surface area contributed by atoms with Crippen LogP contribution in [0.4, 0.5) is 0 Å². The van der Waals surface area contributed by atoms with Crippen LogP contribution in [-0.2, 0) is 13.0 Å². The van der Waals surface area contributed by atoms with Gasteiger partial charge in [-0.1, -0.05) is 13.8 Å². The Morgan fingerprint density at radius 1 is 1.32 bits per heavy atom. The lowest BCUT2D eigenvalue weighted by molar-refractivity contribution is 0.0697. The Hall–Kier alpha value is -1.81. The second kappa shape index (κ2) is 6.53. The number of benzene rings is 1. The lowest BCUT2D eigenvalue weighted by Gasteiger charge is -2.13. The summed E-state index contributed by atoms with van der Waals surface area (Å²) in [5.74, 6) is -0.633. The molecule has 0 aliphatic carbocycles. The molecule has 0 aliphatic rings. The average Bonchev–Trinajstić information content (AvgIpc) is 2.75. The number of rotatable bonds is 6. The van der Waals surface area contributed by atoms with Crippen LogP contribution in [0.3, 0.4) is 0 Å². The summed E-state index contributed by atoms with van der Waals surface area (Å²) in [6.07, 6.45) is 1.46. The Morgan fingerprint density at radius 3 is 2.50 bits per heavy atom. The fourth-order valence-corrected chi connectivity index (χ4v) is 3.24. The van der Waals surface area contributed by atoms with E-state index in [0.29, 0.717) is 12.0 Å². The van der Waals surface area contributed by atoms with Crippen LogP contribution in [0.1, 0.15) is 60.3 Å². The normalized spacial score (nSPS) is 11.5. The van der Waals surface area contributed by atoms with Crippen molar-refractivity contribution in [2.75, 3.05) is 6.61 Å². The zero-order chi connectivity index (χ0) is 16.4. The molecule has 2 N–H and O–H groups in total. The Bertz CT molecular complexity index is 698. The third kappa shape index (κ3) is 2.75. The maximum Gasteiger partial charge on any atom is 0.335 e. The van der Waals surface area contributed by atoms with E-state index in [4.69, 9.17) is 5.11 Å². The van der Waals surface area contributed by atoms with Crippen LogP contribution in [0.5, 0.6) is 0 Å². The smallest absolute Gasteiger partial charge is 0.335 e. The summed E-state index contributed by atoms with van der Waals surface area (Å²) in [5.41, 5.74) is 4.91. The first-order chi connectivity index (χ1) is 10.4. The van der Waals surface area contributed by atoms with Gasteiger partial charge in [-0.15, -0.1) is 0 Å². The van der Waals surface area contributed by atoms with Gasteiger partial charge in [-0.3, -0.25) is 0 Å². The fourth-order valence-electron chi connectivity index (χ4n) is 3.24. The van der Waals surface area contributed by atoms with Crippen molar-refractivity contribution in [1.29, 1.82) is 0 Å². The number of carboxylic acids is 1. The first-order valence-corrected chi connectivity index (χ1v) is 7.92. The number of aliphatic hydroxyl groups excluding tert-OH is 1. The maximum absolute atomic E-state index is 11.5. The van der Waals surface area contributed by atoms with Crippen LogP contribution >= 0.6 is 0 Å². The van der Waals surface area contributed by atoms with Gasteiger partial charge >= 0.3 is 5.97 Å². The molecule has 4 nitrogen and oxygen atoms in total. The number of carboxylic acid groups (broad SMARTS) is 1. The topological polar surface area (TPSA) is 62.5 Å². The number of hydrogen-bond donors (Lipinski definition) is 2. The lowest BCUT2D eigenvalue weighted by atomic mass is 9.95. The largest absolute Gasteiger partial charge is 0.478 e. The number of nitrogens with zero attached hydrogens (tertiary/aromatic N) is 1. The molecule has 0 bridgehead atoms. The molecule has 2 aromatic rings. The van der Waals surface area contributed by atoms with Crippen molar-refractivity contribution < 1.29 is 15.0 Å². The first kappa shape index (κ1) is 16.6. The summed E-state index contributed by atoms with van der Waals surface area (Å²) < 4.78 is 2.27. The van der Waals surface area contributed by atoms with Crippen LogP contribution in [0.25, 0.3) is 10.9 Å². The van der Waals surface area contributed by atoms with Crippen molar-refractivity contribution in [3.05, 3.63) is 34.5 Å². The number of fused-ring (bicyclic) bond motifs is 1. The van der Waals surface area contributed by atoms with Crippen LogP contribution in [0.15, 0.2) is 12.1 Å². The maximum atomic E-state index is 11.5. The molecule has 120 valence electrons. The van der Waals surface area contributed by atoms with Gasteiger partial charge in [0.2, 0.25) is 0 Å². The summed E-state index contributed by atoms with van der Waals surface area (Å²) in [7, 11) is 0. The number of aromatic carboxylic acids is 1. The molecule has 0 atom stereocenters. The summed E-state index contributed by atoms with van der Waals surface area (Å²) in [6, 6.07) is 3.59. The Balaban J connectivity index is 2.84. The zero-order valence-electron chi connectivity index (χ0n) is 13.8. The molecule has 1 aromatic heterocycles. The van der Waals surface area contributed by atoms with Gasteiger partial charge in [-0.25, -0.2) is 4.79 Å². The van der Waals surface area contributed by atoms with Gasteiger partial charge in [-0.05, 0) is 55.9 Å². The number of aliphatic hydroxyl groups is 1. The molecule has 22 heavy (non-hydrogen) atoms. The third-order valence-corrected chi connectivity index (χ3v) is 4.35. The molecule has 1 heterocycles. The molecule has 0 fully saturated rings. The van der Waals surface area contributed by atoms with Crippen LogP contribution in [0.2, 0.25) is 0 Å². The number of aromatic nitrogens is 1. The highest BCUT2D eigenvalue weighted by atomic mass is 16.4. The number of hydrogen-bond acceptors (Lipinski definition) is 2. The monoisotopic (exact) mass is 303 g/mol. The standard InChI is InChI=1S/C18H25NO3/c1-5-19-12(4)14(7-6-8-20)16-10-13(18(21)22)9-15(11(2)3)17(16)19/h9-11,20H,5-8H2,1-4H3,(H,21,22). The van der Waals surface area contributed by atoms with Crippen molar-refractivity contribution in [3.63, 3.8) is 0 Å². The fraction of sp³-hybridized carbons (Fsp3) is 0.500. The van der Waals surface area contributed by atoms with E-state index in [-0.39, 0.29) is 12.5 Å². The number of carbonyl (C=O) groups is 1. The van der Waals surface area contributed by atoms with E-state index in [1.165, 1.54) is 5.69 Å². The highest BCUT2D eigenvalue weighted by molar-refractivity contribution is 5.97. The summed E-state index contributed by atoms with van der Waals surface area (Å²) in [4.78, 5) is 11.5. The minimum absolute atomic E-state index is 0.147. The van der Waals surface area contributed by atoms with Gasteiger partial charge in [0.15, 0.2) is 0 Å².